The Labute approximate surface area is 130 Å². The summed E-state index contributed by atoms with van der Waals surface area (Å²) in [5.74, 6) is 0.161. The number of methoxy groups -OCH3 is 1. The number of hydrogen-bond donors (Lipinski definition) is 0. The summed E-state index contributed by atoms with van der Waals surface area (Å²) >= 11 is 1.64. The summed E-state index contributed by atoms with van der Waals surface area (Å²) in [6.07, 6.45) is 3.70. The van der Waals surface area contributed by atoms with E-state index in [1.54, 1.807) is 18.4 Å². The summed E-state index contributed by atoms with van der Waals surface area (Å²) in [5, 5.41) is 3.19. The molecule has 0 spiro atoms. The van der Waals surface area contributed by atoms with Gasteiger partial charge in [0.1, 0.15) is 5.60 Å². The van der Waals surface area contributed by atoms with Crippen molar-refractivity contribution in [1.82, 2.24) is 0 Å². The molecule has 3 heteroatoms. The lowest BCUT2D eigenvalue weighted by Crippen LogP contribution is -2.45. The number of fused-ring (bicyclic) bond motifs is 1. The highest BCUT2D eigenvalue weighted by atomic mass is 32.1. The molecule has 0 amide bonds. The van der Waals surface area contributed by atoms with Gasteiger partial charge < -0.3 is 4.74 Å². The zero-order valence-electron chi connectivity index (χ0n) is 12.9. The number of Topliss-reactive ketones (excluding diaryl/α,β-unsaturated/α-hetero) is 1. The van der Waals surface area contributed by atoms with Gasteiger partial charge in [-0.15, -0.1) is 11.3 Å². The Bertz CT molecular complexity index is 659. The molecule has 0 N–H and O–H groups in total. The topological polar surface area (TPSA) is 26.3 Å². The van der Waals surface area contributed by atoms with Crippen LogP contribution in [0.25, 0.3) is 10.1 Å². The highest BCUT2D eigenvalue weighted by molar-refractivity contribution is 7.17. The molecule has 1 aliphatic rings. The molecule has 0 aliphatic heterocycles. The SMILES string of the molecule is COC1(C(=O)c2cccc3ccsc23)CCC(C)(C)CC1. The largest absolute Gasteiger partial charge is 0.370 e. The molecule has 1 aliphatic carbocycles. The molecule has 112 valence electrons. The zero-order valence-corrected chi connectivity index (χ0v) is 13.8. The first-order valence-electron chi connectivity index (χ1n) is 7.54. The van der Waals surface area contributed by atoms with E-state index in [0.717, 1.165) is 41.3 Å². The Morgan fingerprint density at radius 3 is 2.52 bits per heavy atom. The standard InChI is InChI=1S/C18H22O2S/c1-17(2)8-10-18(20-3,11-9-17)16(19)14-6-4-5-13-7-12-21-15(13)14/h4-7,12H,8-11H2,1-3H3. The minimum atomic E-state index is -0.631. The Morgan fingerprint density at radius 1 is 1.14 bits per heavy atom. The summed E-state index contributed by atoms with van der Waals surface area (Å²) in [6, 6.07) is 8.05. The monoisotopic (exact) mass is 302 g/mol. The molecule has 21 heavy (non-hydrogen) atoms. The minimum Gasteiger partial charge on any atom is -0.370 e. The molecule has 0 saturated heterocycles. The Kier molecular flexibility index (Phi) is 3.66. The first kappa shape index (κ1) is 14.7. The van der Waals surface area contributed by atoms with Gasteiger partial charge in [-0.3, -0.25) is 4.79 Å². The van der Waals surface area contributed by atoms with E-state index in [1.165, 1.54) is 0 Å². The van der Waals surface area contributed by atoms with E-state index in [2.05, 4.69) is 26.0 Å². The third kappa shape index (κ3) is 2.53. The maximum absolute atomic E-state index is 13.2. The molecule has 1 saturated carbocycles. The second kappa shape index (κ2) is 5.22. The number of ether oxygens (including phenoxy) is 1. The average molecular weight is 302 g/mol. The Morgan fingerprint density at radius 2 is 1.86 bits per heavy atom. The fourth-order valence-corrected chi connectivity index (χ4v) is 4.18. The number of rotatable bonds is 3. The molecule has 2 nitrogen and oxygen atoms in total. The predicted octanol–water partition coefficient (Wildman–Crippen LogP) is 5.07. The van der Waals surface area contributed by atoms with Crippen LogP contribution < -0.4 is 0 Å². The second-order valence-corrected chi connectivity index (χ2v) is 7.75. The predicted molar refractivity (Wildman–Crippen MR) is 88.1 cm³/mol. The van der Waals surface area contributed by atoms with Gasteiger partial charge in [-0.1, -0.05) is 26.0 Å². The van der Waals surface area contributed by atoms with Gasteiger partial charge in [-0.2, -0.15) is 0 Å². The van der Waals surface area contributed by atoms with Crippen molar-refractivity contribution in [2.45, 2.75) is 45.1 Å². The molecule has 1 fully saturated rings. The van der Waals surface area contributed by atoms with Gasteiger partial charge in [0.25, 0.3) is 0 Å². The Balaban J connectivity index is 1.98. The van der Waals surface area contributed by atoms with Gasteiger partial charge >= 0.3 is 0 Å². The summed E-state index contributed by atoms with van der Waals surface area (Å²) < 4.78 is 6.86. The molecular formula is C18H22O2S. The van der Waals surface area contributed by atoms with Crippen LogP contribution in [0.3, 0.4) is 0 Å². The fourth-order valence-electron chi connectivity index (χ4n) is 3.27. The van der Waals surface area contributed by atoms with Crippen LogP contribution in [0.15, 0.2) is 29.6 Å². The van der Waals surface area contributed by atoms with E-state index in [-0.39, 0.29) is 5.78 Å². The summed E-state index contributed by atoms with van der Waals surface area (Å²) in [7, 11) is 1.69. The average Bonchev–Trinajstić information content (AvgIpc) is 2.95. The lowest BCUT2D eigenvalue weighted by Gasteiger charge is -2.41. The number of ketones is 1. The van der Waals surface area contributed by atoms with E-state index >= 15 is 0 Å². The van der Waals surface area contributed by atoms with Gasteiger partial charge in [0.15, 0.2) is 5.78 Å². The van der Waals surface area contributed by atoms with Gasteiger partial charge in [0.05, 0.1) is 0 Å². The number of thiophene rings is 1. The molecule has 1 heterocycles. The van der Waals surface area contributed by atoms with Crippen molar-refractivity contribution in [1.29, 1.82) is 0 Å². The summed E-state index contributed by atoms with van der Waals surface area (Å²) in [5.41, 5.74) is 0.509. The van der Waals surface area contributed by atoms with E-state index in [4.69, 9.17) is 4.74 Å². The van der Waals surface area contributed by atoms with Crippen LogP contribution in [-0.4, -0.2) is 18.5 Å². The van der Waals surface area contributed by atoms with Crippen molar-refractivity contribution >= 4 is 27.2 Å². The van der Waals surface area contributed by atoms with Gasteiger partial charge in [0, 0.05) is 17.4 Å². The van der Waals surface area contributed by atoms with E-state index < -0.39 is 5.60 Å². The third-order valence-corrected chi connectivity index (χ3v) is 5.90. The maximum Gasteiger partial charge on any atom is 0.196 e. The molecule has 2 aromatic rings. The van der Waals surface area contributed by atoms with Crippen LogP contribution in [0.1, 0.15) is 49.9 Å². The maximum atomic E-state index is 13.2. The molecule has 0 bridgehead atoms. The fraction of sp³-hybridized carbons (Fsp3) is 0.500. The number of carbonyl (C=O) groups is 1. The normalized spacial score (nSPS) is 20.5. The van der Waals surface area contributed by atoms with Gasteiger partial charge in [-0.05, 0) is 54.0 Å². The van der Waals surface area contributed by atoms with Crippen molar-refractivity contribution in [3.05, 3.63) is 35.2 Å². The third-order valence-electron chi connectivity index (χ3n) is 4.94. The van der Waals surface area contributed by atoms with Crippen molar-refractivity contribution in [3.8, 4) is 0 Å². The highest BCUT2D eigenvalue weighted by Gasteiger charge is 2.44. The molecule has 3 rings (SSSR count). The lowest BCUT2D eigenvalue weighted by molar-refractivity contribution is -0.0381. The first-order valence-corrected chi connectivity index (χ1v) is 8.42. The van der Waals surface area contributed by atoms with E-state index in [1.807, 2.05) is 17.5 Å². The number of hydrogen-bond acceptors (Lipinski definition) is 3. The molecule has 0 unspecified atom stereocenters. The second-order valence-electron chi connectivity index (χ2n) is 6.84. The van der Waals surface area contributed by atoms with Crippen molar-refractivity contribution in [2.75, 3.05) is 7.11 Å². The van der Waals surface area contributed by atoms with Crippen molar-refractivity contribution in [2.24, 2.45) is 5.41 Å². The first-order chi connectivity index (χ1) is 9.97. The van der Waals surface area contributed by atoms with Gasteiger partial charge in [0.2, 0.25) is 0 Å². The summed E-state index contributed by atoms with van der Waals surface area (Å²) in [6.45, 7) is 4.55. The molecule has 1 aromatic carbocycles. The molecule has 0 atom stereocenters. The van der Waals surface area contributed by atoms with Crippen LogP contribution in [0.2, 0.25) is 0 Å². The summed E-state index contributed by atoms with van der Waals surface area (Å²) in [4.78, 5) is 13.2. The van der Waals surface area contributed by atoms with Crippen LogP contribution in [0.5, 0.6) is 0 Å². The van der Waals surface area contributed by atoms with Crippen LogP contribution in [0, 0.1) is 5.41 Å². The zero-order chi connectivity index (χ0) is 15.1. The minimum absolute atomic E-state index is 0.161. The molecule has 0 radical (unpaired) electrons. The van der Waals surface area contributed by atoms with Gasteiger partial charge in [-0.25, -0.2) is 0 Å². The highest BCUT2D eigenvalue weighted by Crippen LogP contribution is 2.44. The van der Waals surface area contributed by atoms with Crippen molar-refractivity contribution in [3.63, 3.8) is 0 Å². The number of benzene rings is 1. The van der Waals surface area contributed by atoms with E-state index in [0.29, 0.717) is 5.41 Å². The number of carbonyl (C=O) groups excluding carboxylic acids is 1. The van der Waals surface area contributed by atoms with Crippen LogP contribution in [0.4, 0.5) is 0 Å². The molecule has 1 aromatic heterocycles. The lowest BCUT2D eigenvalue weighted by atomic mass is 9.68. The Hall–Kier alpha value is -1.19. The van der Waals surface area contributed by atoms with E-state index in [9.17, 15) is 4.79 Å². The van der Waals surface area contributed by atoms with Crippen LogP contribution in [-0.2, 0) is 4.74 Å². The smallest absolute Gasteiger partial charge is 0.196 e. The van der Waals surface area contributed by atoms with Crippen LogP contribution >= 0.6 is 11.3 Å². The molecular weight excluding hydrogens is 280 g/mol. The van der Waals surface area contributed by atoms with Crippen molar-refractivity contribution < 1.29 is 9.53 Å². The quantitative estimate of drug-likeness (QED) is 0.740.